The number of amides is 1. The summed E-state index contributed by atoms with van der Waals surface area (Å²) < 4.78 is 21.2. The molecule has 0 unspecified atom stereocenters. The maximum Gasteiger partial charge on any atom is 0.326 e. The SMILES string of the molecule is O=C(Cn1c(=O)[nH]c2ccccc21)N1CCN(c2ccc(F)cc2-c2cnc(N3CCOCC3)nc2)CC1. The predicted molar refractivity (Wildman–Crippen MR) is 142 cm³/mol. The molecular weight excluding hydrogens is 489 g/mol. The first-order valence-electron chi connectivity index (χ1n) is 12.7. The van der Waals surface area contributed by atoms with E-state index in [2.05, 4.69) is 24.8 Å². The smallest absolute Gasteiger partial charge is 0.326 e. The van der Waals surface area contributed by atoms with Crippen LogP contribution in [0, 0.1) is 5.82 Å². The van der Waals surface area contributed by atoms with Gasteiger partial charge in [-0.2, -0.15) is 0 Å². The first-order chi connectivity index (χ1) is 18.6. The third-order valence-corrected chi connectivity index (χ3v) is 7.15. The van der Waals surface area contributed by atoms with E-state index < -0.39 is 0 Å². The summed E-state index contributed by atoms with van der Waals surface area (Å²) in [5, 5.41) is 0. The third kappa shape index (κ3) is 4.72. The average Bonchev–Trinajstić information content (AvgIpc) is 3.28. The number of anilines is 2. The van der Waals surface area contributed by atoms with Gasteiger partial charge in [-0.1, -0.05) is 12.1 Å². The molecule has 2 aromatic heterocycles. The van der Waals surface area contributed by atoms with Crippen LogP contribution in [0.5, 0.6) is 0 Å². The van der Waals surface area contributed by atoms with E-state index in [1.807, 2.05) is 24.3 Å². The topological polar surface area (TPSA) is 99.6 Å². The number of ether oxygens (including phenoxy) is 1. The normalized spacial score (nSPS) is 16.3. The van der Waals surface area contributed by atoms with Crippen molar-refractivity contribution in [2.45, 2.75) is 6.54 Å². The van der Waals surface area contributed by atoms with Crippen LogP contribution in [0.15, 0.2) is 59.7 Å². The number of H-pyrrole nitrogens is 1. The largest absolute Gasteiger partial charge is 0.378 e. The number of piperazine rings is 1. The molecule has 0 radical (unpaired) electrons. The number of hydrogen-bond donors (Lipinski definition) is 1. The van der Waals surface area contributed by atoms with Crippen LogP contribution in [-0.2, 0) is 16.1 Å². The number of imidazole rings is 1. The van der Waals surface area contributed by atoms with Gasteiger partial charge in [0.2, 0.25) is 11.9 Å². The minimum Gasteiger partial charge on any atom is -0.378 e. The number of para-hydroxylation sites is 2. The summed E-state index contributed by atoms with van der Waals surface area (Å²) in [5.74, 6) is 0.193. The number of benzene rings is 2. The molecule has 2 saturated heterocycles. The van der Waals surface area contributed by atoms with E-state index in [-0.39, 0.29) is 24.0 Å². The van der Waals surface area contributed by atoms with Gasteiger partial charge in [-0.3, -0.25) is 9.36 Å². The lowest BCUT2D eigenvalue weighted by Gasteiger charge is -2.37. The Balaban J connectivity index is 1.16. The molecule has 2 fully saturated rings. The summed E-state index contributed by atoms with van der Waals surface area (Å²) in [6, 6.07) is 12.0. The number of morpholine rings is 1. The molecule has 4 heterocycles. The fourth-order valence-electron chi connectivity index (χ4n) is 5.10. The molecule has 1 N–H and O–H groups in total. The summed E-state index contributed by atoms with van der Waals surface area (Å²) in [5.41, 5.74) is 3.44. The van der Waals surface area contributed by atoms with Gasteiger partial charge in [0.1, 0.15) is 12.4 Å². The highest BCUT2D eigenvalue weighted by Gasteiger charge is 2.24. The van der Waals surface area contributed by atoms with Crippen molar-refractivity contribution >= 4 is 28.6 Å². The van der Waals surface area contributed by atoms with Gasteiger partial charge < -0.3 is 24.4 Å². The minimum atomic E-state index is -0.334. The third-order valence-electron chi connectivity index (χ3n) is 7.15. The lowest BCUT2D eigenvalue weighted by molar-refractivity contribution is -0.132. The zero-order chi connectivity index (χ0) is 26.1. The molecule has 0 saturated carbocycles. The predicted octanol–water partition coefficient (Wildman–Crippen LogP) is 2.11. The van der Waals surface area contributed by atoms with Crippen molar-refractivity contribution in [1.29, 1.82) is 0 Å². The lowest BCUT2D eigenvalue weighted by atomic mass is 10.0. The molecule has 0 aliphatic carbocycles. The molecule has 0 bridgehead atoms. The van der Waals surface area contributed by atoms with E-state index in [4.69, 9.17) is 4.74 Å². The van der Waals surface area contributed by atoms with E-state index >= 15 is 0 Å². The molecule has 2 aliphatic rings. The van der Waals surface area contributed by atoms with Crippen LogP contribution in [0.1, 0.15) is 0 Å². The Labute approximate surface area is 218 Å². The van der Waals surface area contributed by atoms with E-state index in [1.165, 1.54) is 16.7 Å². The number of nitrogens with one attached hydrogen (secondary N) is 1. The number of aromatic nitrogens is 4. The zero-order valence-corrected chi connectivity index (χ0v) is 20.8. The van der Waals surface area contributed by atoms with Crippen molar-refractivity contribution < 1.29 is 13.9 Å². The lowest BCUT2D eigenvalue weighted by Crippen LogP contribution is -2.50. The highest BCUT2D eigenvalue weighted by molar-refractivity contribution is 5.81. The average molecular weight is 518 g/mol. The number of fused-ring (bicyclic) bond motifs is 1. The summed E-state index contributed by atoms with van der Waals surface area (Å²) >= 11 is 0. The van der Waals surface area contributed by atoms with E-state index in [1.54, 1.807) is 23.4 Å². The van der Waals surface area contributed by atoms with Gasteiger partial charge >= 0.3 is 5.69 Å². The Hall–Kier alpha value is -4.25. The van der Waals surface area contributed by atoms with Crippen molar-refractivity contribution in [2.75, 3.05) is 62.3 Å². The summed E-state index contributed by atoms with van der Waals surface area (Å²) in [6.07, 6.45) is 3.46. The molecule has 0 atom stereocenters. The molecule has 2 aromatic carbocycles. The molecule has 4 aromatic rings. The summed E-state index contributed by atoms with van der Waals surface area (Å²) in [4.78, 5) is 43.3. The second-order valence-corrected chi connectivity index (χ2v) is 9.43. The summed E-state index contributed by atoms with van der Waals surface area (Å²) in [6.45, 7) is 4.92. The molecule has 2 aliphatic heterocycles. The van der Waals surface area contributed by atoms with Gasteiger partial charge in [-0.05, 0) is 30.3 Å². The fourth-order valence-corrected chi connectivity index (χ4v) is 5.10. The van der Waals surface area contributed by atoms with Gasteiger partial charge in [-0.15, -0.1) is 0 Å². The highest BCUT2D eigenvalue weighted by Crippen LogP contribution is 2.32. The quantitative estimate of drug-likeness (QED) is 0.433. The van der Waals surface area contributed by atoms with Crippen LogP contribution in [0.25, 0.3) is 22.2 Å². The Kier molecular flexibility index (Phi) is 6.50. The van der Waals surface area contributed by atoms with Gasteiger partial charge in [0.25, 0.3) is 0 Å². The van der Waals surface area contributed by atoms with Crippen molar-refractivity contribution in [3.8, 4) is 11.1 Å². The minimum absolute atomic E-state index is 0.0164. The second-order valence-electron chi connectivity index (χ2n) is 9.43. The van der Waals surface area contributed by atoms with Gasteiger partial charge in [0.15, 0.2) is 0 Å². The number of carbonyl (C=O) groups is 1. The number of aromatic amines is 1. The maximum absolute atomic E-state index is 14.3. The molecule has 38 heavy (non-hydrogen) atoms. The number of rotatable bonds is 5. The van der Waals surface area contributed by atoms with Crippen molar-refractivity contribution in [1.82, 2.24) is 24.4 Å². The number of halogens is 1. The zero-order valence-electron chi connectivity index (χ0n) is 20.8. The number of nitrogens with zero attached hydrogens (tertiary/aromatic N) is 6. The van der Waals surface area contributed by atoms with E-state index in [9.17, 15) is 14.0 Å². The molecular formula is C27H28FN7O3. The Morgan fingerprint density at radius 2 is 1.68 bits per heavy atom. The van der Waals surface area contributed by atoms with Gasteiger partial charge in [0, 0.05) is 68.5 Å². The van der Waals surface area contributed by atoms with Crippen molar-refractivity contribution in [3.63, 3.8) is 0 Å². The number of hydrogen-bond acceptors (Lipinski definition) is 7. The van der Waals surface area contributed by atoms with E-state index in [0.29, 0.717) is 61.9 Å². The molecule has 0 spiro atoms. The molecule has 196 valence electrons. The van der Waals surface area contributed by atoms with Crippen LogP contribution in [0.2, 0.25) is 0 Å². The maximum atomic E-state index is 14.3. The monoisotopic (exact) mass is 517 g/mol. The fraction of sp³-hybridized carbons (Fsp3) is 0.333. The summed E-state index contributed by atoms with van der Waals surface area (Å²) in [7, 11) is 0. The highest BCUT2D eigenvalue weighted by atomic mass is 19.1. The Bertz CT molecular complexity index is 1500. The van der Waals surface area contributed by atoms with Crippen LogP contribution < -0.4 is 15.5 Å². The Morgan fingerprint density at radius 3 is 2.45 bits per heavy atom. The van der Waals surface area contributed by atoms with Crippen molar-refractivity contribution in [2.24, 2.45) is 0 Å². The van der Waals surface area contributed by atoms with Crippen molar-refractivity contribution in [3.05, 3.63) is 71.2 Å². The van der Waals surface area contributed by atoms with Crippen LogP contribution in [0.3, 0.4) is 0 Å². The second kappa shape index (κ2) is 10.3. The standard InChI is InChI=1S/C27H28FN7O3/c28-20-5-6-23(21(15-20)19-16-29-26(30-17-19)34-11-13-38-14-12-34)32-7-9-33(10-8-32)25(36)18-35-24-4-2-1-3-22(24)31-27(35)37/h1-6,15-17H,7-14,18H2,(H,31,37). The van der Waals surface area contributed by atoms with Gasteiger partial charge in [-0.25, -0.2) is 19.2 Å². The number of carbonyl (C=O) groups excluding carboxylic acids is 1. The van der Waals surface area contributed by atoms with Crippen LogP contribution in [-0.4, -0.2) is 82.8 Å². The molecule has 1 amide bonds. The Morgan fingerprint density at radius 1 is 0.947 bits per heavy atom. The van der Waals surface area contributed by atoms with E-state index in [0.717, 1.165) is 24.3 Å². The van der Waals surface area contributed by atoms with Crippen LogP contribution in [0.4, 0.5) is 16.0 Å². The first-order valence-corrected chi connectivity index (χ1v) is 12.7. The van der Waals surface area contributed by atoms with Crippen LogP contribution >= 0.6 is 0 Å². The first kappa shape index (κ1) is 24.1. The molecule has 11 heteroatoms. The molecule has 10 nitrogen and oxygen atoms in total. The van der Waals surface area contributed by atoms with Gasteiger partial charge in [0.05, 0.1) is 24.2 Å². The molecule has 6 rings (SSSR count).